The number of carbonyl (C=O) groups is 1. The van der Waals surface area contributed by atoms with E-state index >= 15 is 0 Å². The fourth-order valence-corrected chi connectivity index (χ4v) is 8.23. The third kappa shape index (κ3) is 6.02. The largest absolute Gasteiger partial charge is 0.343 e. The van der Waals surface area contributed by atoms with Gasteiger partial charge in [-0.2, -0.15) is 0 Å². The first-order valence-corrected chi connectivity index (χ1v) is 16.7. The van der Waals surface area contributed by atoms with Gasteiger partial charge in [0.1, 0.15) is 0 Å². The monoisotopic (exact) mass is 584 g/mol. The molecule has 3 heterocycles. The third-order valence-corrected chi connectivity index (χ3v) is 10.2. The van der Waals surface area contributed by atoms with E-state index in [0.29, 0.717) is 37.0 Å². The minimum absolute atomic E-state index is 0.161. The third-order valence-electron chi connectivity index (χ3n) is 8.70. The molecule has 3 aromatic carbocycles. The van der Waals surface area contributed by atoms with Crippen molar-refractivity contribution in [3.05, 3.63) is 102 Å². The number of hydrogen-bond donors (Lipinski definition) is 2. The fourth-order valence-electron chi connectivity index (χ4n) is 6.69. The first kappa shape index (κ1) is 28.6. The van der Waals surface area contributed by atoms with E-state index in [1.165, 1.54) is 0 Å². The molecule has 0 radical (unpaired) electrons. The molecule has 6 rings (SSSR count). The molecule has 42 heavy (non-hydrogen) atoms. The molecule has 1 aromatic heterocycles. The Bertz CT molecular complexity index is 1570. The van der Waals surface area contributed by atoms with E-state index in [-0.39, 0.29) is 18.4 Å². The zero-order valence-electron chi connectivity index (χ0n) is 24.0. The Kier molecular flexibility index (Phi) is 8.74. The van der Waals surface area contributed by atoms with Gasteiger partial charge in [-0.15, -0.1) is 0 Å². The highest BCUT2D eigenvalue weighted by Gasteiger charge is 2.33. The van der Waals surface area contributed by atoms with Crippen LogP contribution in [-0.4, -0.2) is 56.0 Å². The van der Waals surface area contributed by atoms with Crippen LogP contribution < -0.4 is 10.0 Å². The van der Waals surface area contributed by atoms with Crippen LogP contribution in [0.25, 0.3) is 10.9 Å². The number of benzene rings is 3. The molecule has 1 unspecified atom stereocenters. The SMILES string of the molecule is O=C1CCCN1CCCNS(=O)(=O)c1c(C(c2ccccc2)c2ccccc2)c2ccccc2n1CCC1CCCN1. The lowest BCUT2D eigenvalue weighted by molar-refractivity contribution is -0.127. The van der Waals surface area contributed by atoms with Crippen LogP contribution in [0.4, 0.5) is 0 Å². The molecule has 1 amide bonds. The van der Waals surface area contributed by atoms with E-state index in [9.17, 15) is 13.2 Å². The van der Waals surface area contributed by atoms with Gasteiger partial charge >= 0.3 is 0 Å². The standard InChI is InChI=1S/C34H40N4O3S/c39-31-19-10-23-37(31)24-11-22-36-42(40,41)34-33(32(26-12-3-1-4-13-26)27-14-5-2-6-15-27)29-17-7-8-18-30(29)38(34)25-20-28-16-9-21-35-28/h1-8,12-15,17-18,28,32,35-36H,9-11,16,19-25H2. The summed E-state index contributed by atoms with van der Waals surface area (Å²) < 4.78 is 33.9. The molecule has 0 bridgehead atoms. The summed E-state index contributed by atoms with van der Waals surface area (Å²) in [6, 6.07) is 28.9. The summed E-state index contributed by atoms with van der Waals surface area (Å²) in [7, 11) is -3.91. The lowest BCUT2D eigenvalue weighted by atomic mass is 9.85. The molecule has 0 saturated carbocycles. The van der Waals surface area contributed by atoms with Crippen molar-refractivity contribution in [1.29, 1.82) is 0 Å². The molecule has 2 saturated heterocycles. The predicted molar refractivity (Wildman–Crippen MR) is 167 cm³/mol. The topological polar surface area (TPSA) is 83.4 Å². The molecule has 0 aliphatic carbocycles. The van der Waals surface area contributed by atoms with Gasteiger partial charge in [0, 0.05) is 61.0 Å². The number of nitrogens with one attached hydrogen (secondary N) is 2. The van der Waals surface area contributed by atoms with E-state index in [2.05, 4.69) is 40.4 Å². The maximum atomic E-state index is 14.4. The number of aromatic nitrogens is 1. The van der Waals surface area contributed by atoms with Gasteiger partial charge in [-0.1, -0.05) is 78.9 Å². The summed E-state index contributed by atoms with van der Waals surface area (Å²) in [6.07, 6.45) is 5.17. The number of rotatable bonds is 12. The van der Waals surface area contributed by atoms with Gasteiger partial charge in [0.25, 0.3) is 10.0 Å². The van der Waals surface area contributed by atoms with Crippen LogP contribution in [0.5, 0.6) is 0 Å². The summed E-state index contributed by atoms with van der Waals surface area (Å²) in [6.45, 7) is 3.22. The number of sulfonamides is 1. The number of aryl methyl sites for hydroxylation is 1. The fraction of sp³-hybridized carbons (Fsp3) is 0.382. The van der Waals surface area contributed by atoms with E-state index in [4.69, 9.17) is 0 Å². The minimum atomic E-state index is -3.91. The molecule has 8 heteroatoms. The van der Waals surface area contributed by atoms with Gasteiger partial charge in [0.05, 0.1) is 0 Å². The maximum Gasteiger partial charge on any atom is 0.256 e. The molecule has 2 aliphatic rings. The molecule has 2 N–H and O–H groups in total. The van der Waals surface area contributed by atoms with Crippen LogP contribution in [0.1, 0.15) is 61.1 Å². The smallest absolute Gasteiger partial charge is 0.256 e. The molecular weight excluding hydrogens is 544 g/mol. The van der Waals surface area contributed by atoms with Crippen LogP contribution in [0.3, 0.4) is 0 Å². The van der Waals surface area contributed by atoms with Crippen LogP contribution in [-0.2, 0) is 21.4 Å². The summed E-state index contributed by atoms with van der Waals surface area (Å²) in [5.41, 5.74) is 3.84. The second-order valence-electron chi connectivity index (χ2n) is 11.5. The lowest BCUT2D eigenvalue weighted by Crippen LogP contribution is -2.32. The number of fused-ring (bicyclic) bond motifs is 1. The number of nitrogens with zero attached hydrogens (tertiary/aromatic N) is 2. The van der Waals surface area contributed by atoms with Crippen molar-refractivity contribution in [2.24, 2.45) is 0 Å². The molecule has 1 atom stereocenters. The summed E-state index contributed by atoms with van der Waals surface area (Å²) >= 11 is 0. The van der Waals surface area contributed by atoms with Crippen molar-refractivity contribution < 1.29 is 13.2 Å². The first-order chi connectivity index (χ1) is 20.5. The lowest BCUT2D eigenvalue weighted by Gasteiger charge is -2.22. The van der Waals surface area contributed by atoms with Crippen LogP contribution in [0.15, 0.2) is 90.0 Å². The number of hydrogen-bond acceptors (Lipinski definition) is 4. The highest BCUT2D eigenvalue weighted by molar-refractivity contribution is 7.89. The van der Waals surface area contributed by atoms with Crippen molar-refractivity contribution in [1.82, 2.24) is 19.5 Å². The summed E-state index contributed by atoms with van der Waals surface area (Å²) in [4.78, 5) is 13.9. The Morgan fingerprint density at radius 3 is 2.21 bits per heavy atom. The van der Waals surface area contributed by atoms with Crippen molar-refractivity contribution in [3.8, 4) is 0 Å². The van der Waals surface area contributed by atoms with E-state index < -0.39 is 10.0 Å². The molecule has 2 fully saturated rings. The predicted octanol–water partition coefficient (Wildman–Crippen LogP) is 5.25. The van der Waals surface area contributed by atoms with Gasteiger partial charge in [0.2, 0.25) is 5.91 Å². The molecule has 220 valence electrons. The van der Waals surface area contributed by atoms with E-state index in [0.717, 1.165) is 66.4 Å². The van der Waals surface area contributed by atoms with Crippen molar-refractivity contribution in [3.63, 3.8) is 0 Å². The Labute approximate surface area is 249 Å². The number of likely N-dealkylation sites (tertiary alicyclic amines) is 1. The van der Waals surface area contributed by atoms with E-state index in [1.807, 2.05) is 64.1 Å². The van der Waals surface area contributed by atoms with Crippen LogP contribution in [0, 0.1) is 0 Å². The average Bonchev–Trinajstić information content (AvgIpc) is 3.76. The minimum Gasteiger partial charge on any atom is -0.343 e. The highest BCUT2D eigenvalue weighted by atomic mass is 32.2. The van der Waals surface area contributed by atoms with Crippen molar-refractivity contribution in [2.75, 3.05) is 26.2 Å². The molecule has 7 nitrogen and oxygen atoms in total. The zero-order chi connectivity index (χ0) is 28.9. The van der Waals surface area contributed by atoms with Crippen LogP contribution >= 0.6 is 0 Å². The highest BCUT2D eigenvalue weighted by Crippen LogP contribution is 2.42. The Morgan fingerprint density at radius 2 is 1.57 bits per heavy atom. The average molecular weight is 585 g/mol. The van der Waals surface area contributed by atoms with Crippen molar-refractivity contribution in [2.45, 2.75) is 62.1 Å². The van der Waals surface area contributed by atoms with E-state index in [1.54, 1.807) is 0 Å². The second-order valence-corrected chi connectivity index (χ2v) is 13.1. The normalized spacial score (nSPS) is 17.6. The number of para-hydroxylation sites is 1. The van der Waals surface area contributed by atoms with Crippen molar-refractivity contribution >= 4 is 26.8 Å². The Hall–Kier alpha value is -3.46. The zero-order valence-corrected chi connectivity index (χ0v) is 24.9. The molecular formula is C34H40N4O3S. The molecule has 4 aromatic rings. The maximum absolute atomic E-state index is 14.4. The van der Waals surface area contributed by atoms with Gasteiger partial charge in [-0.25, -0.2) is 13.1 Å². The Balaban J connectivity index is 1.45. The second kappa shape index (κ2) is 12.8. The molecule has 0 spiro atoms. The van der Waals surface area contributed by atoms with Gasteiger partial charge < -0.3 is 14.8 Å². The number of amides is 1. The quantitative estimate of drug-likeness (QED) is 0.223. The Morgan fingerprint density at radius 1 is 0.881 bits per heavy atom. The van der Waals surface area contributed by atoms with Crippen LogP contribution in [0.2, 0.25) is 0 Å². The first-order valence-electron chi connectivity index (χ1n) is 15.2. The van der Waals surface area contributed by atoms with Gasteiger partial charge in [0.15, 0.2) is 5.03 Å². The molecule has 2 aliphatic heterocycles. The van der Waals surface area contributed by atoms with Gasteiger partial charge in [-0.3, -0.25) is 4.79 Å². The summed E-state index contributed by atoms with van der Waals surface area (Å²) in [5, 5.41) is 4.88. The summed E-state index contributed by atoms with van der Waals surface area (Å²) in [5.74, 6) is -0.105. The number of carbonyl (C=O) groups excluding carboxylic acids is 1. The van der Waals surface area contributed by atoms with Gasteiger partial charge in [-0.05, 0) is 55.8 Å².